The standard InChI is InChI=1S/C8H11N3O2/c1-10(2)8(13)4-11-6-9-3-7(11)5-12/h3,5-6H,4H2,1-2H3. The molecule has 0 atom stereocenters. The Labute approximate surface area is 76.0 Å². The molecule has 0 aliphatic rings. The van der Waals surface area contributed by atoms with Crippen LogP contribution in [0.4, 0.5) is 0 Å². The molecule has 13 heavy (non-hydrogen) atoms. The van der Waals surface area contributed by atoms with Gasteiger partial charge in [-0.05, 0) is 0 Å². The molecule has 1 aromatic heterocycles. The lowest BCUT2D eigenvalue weighted by Gasteiger charge is -2.10. The van der Waals surface area contributed by atoms with Crippen LogP contribution in [-0.2, 0) is 11.3 Å². The fraction of sp³-hybridized carbons (Fsp3) is 0.375. The summed E-state index contributed by atoms with van der Waals surface area (Å²) in [6.07, 6.45) is 3.57. The summed E-state index contributed by atoms with van der Waals surface area (Å²) >= 11 is 0. The fourth-order valence-corrected chi connectivity index (χ4v) is 0.848. The predicted octanol–water partition coefficient (Wildman–Crippen LogP) is -0.216. The minimum atomic E-state index is -0.0684. The zero-order valence-electron chi connectivity index (χ0n) is 7.60. The van der Waals surface area contributed by atoms with Gasteiger partial charge in [-0.1, -0.05) is 0 Å². The molecule has 0 saturated carbocycles. The number of amides is 1. The van der Waals surface area contributed by atoms with Gasteiger partial charge < -0.3 is 9.47 Å². The highest BCUT2D eigenvalue weighted by Gasteiger charge is 2.07. The number of hydrogen-bond donors (Lipinski definition) is 0. The Morgan fingerprint density at radius 2 is 2.38 bits per heavy atom. The fourth-order valence-electron chi connectivity index (χ4n) is 0.848. The molecule has 1 rings (SSSR count). The monoisotopic (exact) mass is 181 g/mol. The number of carbonyl (C=O) groups excluding carboxylic acids is 2. The molecular weight excluding hydrogens is 170 g/mol. The first-order valence-corrected chi connectivity index (χ1v) is 3.80. The molecule has 0 saturated heterocycles. The van der Waals surface area contributed by atoms with Crippen LogP contribution in [0.25, 0.3) is 0 Å². The van der Waals surface area contributed by atoms with Gasteiger partial charge in [-0.2, -0.15) is 0 Å². The van der Waals surface area contributed by atoms with E-state index in [9.17, 15) is 9.59 Å². The van der Waals surface area contributed by atoms with Crippen molar-refractivity contribution in [2.24, 2.45) is 0 Å². The van der Waals surface area contributed by atoms with Crippen molar-refractivity contribution in [2.45, 2.75) is 6.54 Å². The van der Waals surface area contributed by atoms with Crippen LogP contribution >= 0.6 is 0 Å². The van der Waals surface area contributed by atoms with E-state index < -0.39 is 0 Å². The van der Waals surface area contributed by atoms with Crippen molar-refractivity contribution in [1.82, 2.24) is 14.5 Å². The maximum Gasteiger partial charge on any atom is 0.242 e. The molecule has 0 aromatic carbocycles. The largest absolute Gasteiger partial charge is 0.347 e. The van der Waals surface area contributed by atoms with Crippen LogP contribution in [0, 0.1) is 0 Å². The average Bonchev–Trinajstić information content (AvgIpc) is 2.51. The molecule has 0 bridgehead atoms. The normalized spacial score (nSPS) is 9.69. The second-order valence-corrected chi connectivity index (χ2v) is 2.85. The van der Waals surface area contributed by atoms with Gasteiger partial charge in [-0.3, -0.25) is 9.59 Å². The lowest BCUT2D eigenvalue weighted by molar-refractivity contribution is -0.129. The van der Waals surface area contributed by atoms with Crippen LogP contribution in [0.1, 0.15) is 10.5 Å². The average molecular weight is 181 g/mol. The smallest absolute Gasteiger partial charge is 0.242 e. The zero-order valence-corrected chi connectivity index (χ0v) is 7.60. The van der Waals surface area contributed by atoms with Crippen molar-refractivity contribution in [3.63, 3.8) is 0 Å². The Morgan fingerprint density at radius 3 is 2.92 bits per heavy atom. The summed E-state index contributed by atoms with van der Waals surface area (Å²) in [7, 11) is 3.33. The second kappa shape index (κ2) is 3.84. The molecule has 1 aromatic rings. The number of hydrogen-bond acceptors (Lipinski definition) is 3. The van der Waals surface area contributed by atoms with E-state index in [0.717, 1.165) is 0 Å². The third-order valence-electron chi connectivity index (χ3n) is 1.67. The third-order valence-corrected chi connectivity index (χ3v) is 1.67. The van der Waals surface area contributed by atoms with E-state index >= 15 is 0 Å². The molecule has 0 spiro atoms. The van der Waals surface area contributed by atoms with E-state index in [-0.39, 0.29) is 12.5 Å². The first kappa shape index (κ1) is 9.44. The minimum Gasteiger partial charge on any atom is -0.347 e. The Morgan fingerprint density at radius 1 is 1.69 bits per heavy atom. The summed E-state index contributed by atoms with van der Waals surface area (Å²) in [6.45, 7) is 0.154. The van der Waals surface area contributed by atoms with Gasteiger partial charge in [0.15, 0.2) is 6.29 Å². The van der Waals surface area contributed by atoms with Gasteiger partial charge in [-0.25, -0.2) is 4.98 Å². The number of likely N-dealkylation sites (N-methyl/N-ethyl adjacent to an activating group) is 1. The molecule has 0 N–H and O–H groups in total. The Hall–Kier alpha value is -1.65. The summed E-state index contributed by atoms with van der Waals surface area (Å²) in [5, 5.41) is 0. The maximum absolute atomic E-state index is 11.2. The molecule has 1 amide bonds. The maximum atomic E-state index is 11.2. The van der Waals surface area contributed by atoms with Gasteiger partial charge in [0.05, 0.1) is 12.5 Å². The Kier molecular flexibility index (Phi) is 2.79. The summed E-state index contributed by atoms with van der Waals surface area (Å²) in [6, 6.07) is 0. The number of aromatic nitrogens is 2. The SMILES string of the molecule is CN(C)C(=O)Cn1cncc1C=O. The summed E-state index contributed by atoms with van der Waals surface area (Å²) in [5.74, 6) is -0.0684. The first-order valence-electron chi connectivity index (χ1n) is 3.80. The molecule has 0 radical (unpaired) electrons. The number of imidazole rings is 1. The van der Waals surface area contributed by atoms with E-state index in [4.69, 9.17) is 0 Å². The van der Waals surface area contributed by atoms with Crippen molar-refractivity contribution in [2.75, 3.05) is 14.1 Å². The second-order valence-electron chi connectivity index (χ2n) is 2.85. The third kappa shape index (κ3) is 2.14. The highest BCUT2D eigenvalue weighted by atomic mass is 16.2. The topological polar surface area (TPSA) is 55.2 Å². The minimum absolute atomic E-state index is 0.0684. The number of nitrogens with zero attached hydrogens (tertiary/aromatic N) is 3. The molecule has 70 valence electrons. The van der Waals surface area contributed by atoms with Gasteiger partial charge in [-0.15, -0.1) is 0 Å². The van der Waals surface area contributed by atoms with Crippen LogP contribution in [0.15, 0.2) is 12.5 Å². The van der Waals surface area contributed by atoms with Crippen molar-refractivity contribution in [1.29, 1.82) is 0 Å². The number of rotatable bonds is 3. The van der Waals surface area contributed by atoms with Gasteiger partial charge in [0.1, 0.15) is 12.2 Å². The van der Waals surface area contributed by atoms with E-state index in [1.807, 2.05) is 0 Å². The van der Waals surface area contributed by atoms with Gasteiger partial charge in [0.2, 0.25) is 5.91 Å². The lowest BCUT2D eigenvalue weighted by Crippen LogP contribution is -2.26. The van der Waals surface area contributed by atoms with Crippen LogP contribution < -0.4 is 0 Å². The zero-order chi connectivity index (χ0) is 9.84. The summed E-state index contributed by atoms with van der Waals surface area (Å²) < 4.78 is 1.51. The summed E-state index contributed by atoms with van der Waals surface area (Å²) in [5.41, 5.74) is 0.412. The number of aldehydes is 1. The van der Waals surface area contributed by atoms with E-state index in [0.29, 0.717) is 12.0 Å². The van der Waals surface area contributed by atoms with E-state index in [2.05, 4.69) is 4.98 Å². The van der Waals surface area contributed by atoms with Crippen LogP contribution in [-0.4, -0.2) is 40.7 Å². The quantitative estimate of drug-likeness (QED) is 0.606. The van der Waals surface area contributed by atoms with Gasteiger partial charge in [0, 0.05) is 14.1 Å². The molecule has 0 unspecified atom stereocenters. The first-order chi connectivity index (χ1) is 6.15. The molecule has 0 fully saturated rings. The van der Waals surface area contributed by atoms with Crippen LogP contribution in [0.5, 0.6) is 0 Å². The van der Waals surface area contributed by atoms with Crippen molar-refractivity contribution < 1.29 is 9.59 Å². The summed E-state index contributed by atoms with van der Waals surface area (Å²) in [4.78, 5) is 26.9. The van der Waals surface area contributed by atoms with Crippen LogP contribution in [0.2, 0.25) is 0 Å². The Bertz CT molecular complexity index is 317. The molecule has 5 heteroatoms. The Balaban J connectivity index is 2.74. The molecule has 1 heterocycles. The van der Waals surface area contributed by atoms with E-state index in [1.54, 1.807) is 14.1 Å². The van der Waals surface area contributed by atoms with Crippen molar-refractivity contribution in [3.05, 3.63) is 18.2 Å². The molecule has 5 nitrogen and oxygen atoms in total. The number of carbonyl (C=O) groups is 2. The highest BCUT2D eigenvalue weighted by Crippen LogP contribution is 1.96. The molecule has 0 aliphatic carbocycles. The van der Waals surface area contributed by atoms with Crippen LogP contribution in [0.3, 0.4) is 0 Å². The highest BCUT2D eigenvalue weighted by molar-refractivity contribution is 5.77. The van der Waals surface area contributed by atoms with Gasteiger partial charge >= 0.3 is 0 Å². The van der Waals surface area contributed by atoms with Gasteiger partial charge in [0.25, 0.3) is 0 Å². The van der Waals surface area contributed by atoms with E-state index in [1.165, 1.54) is 22.0 Å². The predicted molar refractivity (Wildman–Crippen MR) is 46.3 cm³/mol. The molecule has 0 aliphatic heterocycles. The molecular formula is C8H11N3O2. The van der Waals surface area contributed by atoms with Crippen molar-refractivity contribution in [3.8, 4) is 0 Å². The van der Waals surface area contributed by atoms with Crippen molar-refractivity contribution >= 4 is 12.2 Å². The lowest BCUT2D eigenvalue weighted by atomic mass is 10.4.